The highest BCUT2D eigenvalue weighted by molar-refractivity contribution is 7.73. The van der Waals surface area contributed by atoms with Crippen LogP contribution < -0.4 is 0 Å². The zero-order valence-electron chi connectivity index (χ0n) is 19.6. The predicted octanol–water partition coefficient (Wildman–Crippen LogP) is 4.33. The van der Waals surface area contributed by atoms with Crippen molar-refractivity contribution in [1.29, 1.82) is 0 Å². The smallest absolute Gasteiger partial charge is 0.481 e. The van der Waals surface area contributed by atoms with Crippen LogP contribution in [0, 0.1) is 0 Å². The first kappa shape index (κ1) is 31.9. The Morgan fingerprint density at radius 2 is 1.03 bits per heavy atom. The number of ether oxygens (including phenoxy) is 2. The number of hydrogen-bond donors (Lipinski definition) is 1. The van der Waals surface area contributed by atoms with E-state index in [1.807, 2.05) is 0 Å². The highest BCUT2D eigenvalue weighted by atomic mass is 31.2. The molecule has 0 aliphatic rings. The molecule has 0 spiro atoms. The van der Waals surface area contributed by atoms with Gasteiger partial charge in [-0.05, 0) is 48.5 Å². The lowest BCUT2D eigenvalue weighted by atomic mass is 10.2. The minimum Gasteiger partial charge on any atom is -0.481 e. The number of carboxylic acid groups (broad SMARTS) is 1. The van der Waals surface area contributed by atoms with E-state index >= 15 is 0 Å². The minimum absolute atomic E-state index is 0.252. The van der Waals surface area contributed by atoms with Crippen molar-refractivity contribution in [2.45, 2.75) is 65.6 Å². The van der Waals surface area contributed by atoms with E-state index in [4.69, 9.17) is 28.2 Å². The lowest BCUT2D eigenvalue weighted by Crippen LogP contribution is -2.41. The standard InChI is InChI=1S/C16H32O15P2/c1-8-22-28-32(20,29-23-9-2)16(12-13(17)18,27-14(19)26-15(5,6)7)33(21,30-24-10-3)31-25-11-4/h8-12H2,1-7H3,(H,17,18). The van der Waals surface area contributed by atoms with Gasteiger partial charge in [0.1, 0.15) is 12.0 Å². The van der Waals surface area contributed by atoms with Crippen molar-refractivity contribution in [3.05, 3.63) is 0 Å². The number of carbonyl (C=O) groups excluding carboxylic acids is 1. The molecule has 0 saturated carbocycles. The molecule has 0 aromatic carbocycles. The van der Waals surface area contributed by atoms with Gasteiger partial charge in [-0.15, -0.1) is 18.7 Å². The third-order valence-corrected chi connectivity index (χ3v) is 7.84. The van der Waals surface area contributed by atoms with Crippen molar-refractivity contribution in [2.75, 3.05) is 26.4 Å². The second-order valence-electron chi connectivity index (χ2n) is 6.80. The first-order valence-electron chi connectivity index (χ1n) is 9.85. The fraction of sp³-hybridized carbons (Fsp3) is 0.875. The third-order valence-electron chi connectivity index (χ3n) is 2.95. The van der Waals surface area contributed by atoms with Gasteiger partial charge in [0.05, 0.1) is 26.4 Å². The van der Waals surface area contributed by atoms with Crippen molar-refractivity contribution in [3.63, 3.8) is 0 Å². The van der Waals surface area contributed by atoms with Gasteiger partial charge in [0.15, 0.2) is 0 Å². The van der Waals surface area contributed by atoms with Gasteiger partial charge in [0.25, 0.3) is 0 Å². The summed E-state index contributed by atoms with van der Waals surface area (Å²) < 4.78 is 56.7. The minimum atomic E-state index is -5.39. The van der Waals surface area contributed by atoms with Gasteiger partial charge in [0, 0.05) is 0 Å². The average Bonchev–Trinajstić information content (AvgIpc) is 2.70. The molecule has 0 bridgehead atoms. The van der Waals surface area contributed by atoms with E-state index in [-0.39, 0.29) is 26.4 Å². The molecule has 33 heavy (non-hydrogen) atoms. The Labute approximate surface area is 191 Å². The predicted molar refractivity (Wildman–Crippen MR) is 108 cm³/mol. The zero-order chi connectivity index (χ0) is 25.8. The van der Waals surface area contributed by atoms with E-state index < -0.39 is 44.4 Å². The van der Waals surface area contributed by atoms with Crippen molar-refractivity contribution in [1.82, 2.24) is 0 Å². The number of carboxylic acids is 1. The van der Waals surface area contributed by atoms with Crippen LogP contribution in [0.5, 0.6) is 0 Å². The normalized spacial score (nSPS) is 13.1. The summed E-state index contributed by atoms with van der Waals surface area (Å²) >= 11 is 0. The van der Waals surface area contributed by atoms with Crippen molar-refractivity contribution in [3.8, 4) is 0 Å². The van der Waals surface area contributed by atoms with Crippen LogP contribution >= 0.6 is 15.2 Å². The molecule has 0 aliphatic carbocycles. The molecule has 0 heterocycles. The van der Waals surface area contributed by atoms with E-state index in [2.05, 4.69) is 19.6 Å². The Morgan fingerprint density at radius 1 is 0.697 bits per heavy atom. The highest BCUT2D eigenvalue weighted by Crippen LogP contribution is 2.80. The Hall–Kier alpha value is -1.12. The largest absolute Gasteiger partial charge is 0.510 e. The van der Waals surface area contributed by atoms with Crippen LogP contribution in [0.1, 0.15) is 54.9 Å². The highest BCUT2D eigenvalue weighted by Gasteiger charge is 2.74. The van der Waals surface area contributed by atoms with Crippen molar-refractivity contribution < 1.29 is 71.5 Å². The summed E-state index contributed by atoms with van der Waals surface area (Å²) in [7, 11) is -10.8. The summed E-state index contributed by atoms with van der Waals surface area (Å²) in [6.45, 7) is 8.98. The molecule has 0 radical (unpaired) electrons. The molecule has 0 aliphatic heterocycles. The van der Waals surface area contributed by atoms with Crippen LogP contribution in [0.15, 0.2) is 0 Å². The molecule has 0 aromatic rings. The Bertz CT molecular complexity index is 647. The zero-order valence-corrected chi connectivity index (χ0v) is 21.4. The number of carbonyl (C=O) groups is 2. The molecular formula is C16H32O15P2. The van der Waals surface area contributed by atoms with Gasteiger partial charge in [-0.25, -0.2) is 33.5 Å². The molecule has 17 heteroatoms. The van der Waals surface area contributed by atoms with Gasteiger partial charge in [-0.2, -0.15) is 0 Å². The molecule has 1 N–H and O–H groups in total. The summed E-state index contributed by atoms with van der Waals surface area (Å²) in [5.74, 6) is -1.81. The van der Waals surface area contributed by atoms with Crippen LogP contribution in [0.25, 0.3) is 0 Å². The van der Waals surface area contributed by atoms with Gasteiger partial charge < -0.3 is 14.6 Å². The topological polar surface area (TPSA) is 181 Å². The molecule has 0 saturated heterocycles. The lowest BCUT2D eigenvalue weighted by molar-refractivity contribution is -0.283. The third kappa shape index (κ3) is 9.57. The second kappa shape index (κ2) is 14.3. The Kier molecular flexibility index (Phi) is 13.8. The molecule has 0 amide bonds. The molecule has 0 rings (SSSR count). The van der Waals surface area contributed by atoms with E-state index in [0.29, 0.717) is 0 Å². The van der Waals surface area contributed by atoms with E-state index in [1.54, 1.807) is 0 Å². The first-order valence-corrected chi connectivity index (χ1v) is 12.9. The van der Waals surface area contributed by atoms with E-state index in [1.165, 1.54) is 48.5 Å². The average molecular weight is 526 g/mol. The van der Waals surface area contributed by atoms with Crippen molar-refractivity contribution >= 4 is 27.3 Å². The van der Waals surface area contributed by atoms with Gasteiger partial charge in [0.2, 0.25) is 0 Å². The summed E-state index contributed by atoms with van der Waals surface area (Å²) in [5, 5.41) is 6.14. The van der Waals surface area contributed by atoms with Crippen LogP contribution in [-0.2, 0) is 61.6 Å². The quantitative estimate of drug-likeness (QED) is 0.122. The summed E-state index contributed by atoms with van der Waals surface area (Å²) in [5.41, 5.74) is -1.18. The fourth-order valence-electron chi connectivity index (χ4n) is 1.84. The van der Waals surface area contributed by atoms with Crippen LogP contribution in [-0.4, -0.2) is 54.3 Å². The SMILES string of the molecule is CCOOP(=O)(OOCC)C(CC(=O)O)(OC(=O)OC(C)(C)C)P(=O)(OOCC)OOCC. The van der Waals surface area contributed by atoms with Crippen LogP contribution in [0.4, 0.5) is 4.79 Å². The lowest BCUT2D eigenvalue weighted by Gasteiger charge is -2.37. The summed E-state index contributed by atoms with van der Waals surface area (Å²) in [6, 6.07) is 0. The molecule has 0 fully saturated rings. The molecule has 0 aromatic heterocycles. The van der Waals surface area contributed by atoms with Gasteiger partial charge in [-0.1, -0.05) is 0 Å². The molecule has 0 unspecified atom stereocenters. The molecule has 196 valence electrons. The Balaban J connectivity index is 7.06. The summed E-state index contributed by atoms with van der Waals surface area (Å²) in [6.07, 6.45) is -3.18. The van der Waals surface area contributed by atoms with Crippen molar-refractivity contribution in [2.24, 2.45) is 0 Å². The van der Waals surface area contributed by atoms with Crippen LogP contribution in [0.3, 0.4) is 0 Å². The number of rotatable bonds is 17. The van der Waals surface area contributed by atoms with Gasteiger partial charge >= 0.3 is 32.4 Å². The summed E-state index contributed by atoms with van der Waals surface area (Å²) in [4.78, 5) is 43.0. The maximum Gasteiger partial charge on any atom is 0.510 e. The number of aliphatic carboxylic acids is 1. The fourth-order valence-corrected chi connectivity index (χ4v) is 5.96. The first-order chi connectivity index (χ1) is 15.3. The maximum atomic E-state index is 13.8. The molecule has 0 atom stereocenters. The molecule has 15 nitrogen and oxygen atoms in total. The van der Waals surface area contributed by atoms with Gasteiger partial charge in [-0.3, -0.25) is 4.79 Å². The van der Waals surface area contributed by atoms with E-state index in [0.717, 1.165) is 0 Å². The van der Waals surface area contributed by atoms with Crippen LogP contribution in [0.2, 0.25) is 0 Å². The molecular weight excluding hydrogens is 494 g/mol. The Morgan fingerprint density at radius 3 is 1.27 bits per heavy atom. The van der Waals surface area contributed by atoms with E-state index in [9.17, 15) is 23.8 Å². The number of hydrogen-bond acceptors (Lipinski definition) is 14. The monoisotopic (exact) mass is 526 g/mol. The second-order valence-corrected chi connectivity index (χ2v) is 11.2. The maximum absolute atomic E-state index is 13.8.